The smallest absolute Gasteiger partial charge is 0.372 e. The topological polar surface area (TPSA) is 67.4 Å². The molecule has 0 saturated carbocycles. The Balaban J connectivity index is 1.53. The molecule has 2 aromatic carbocycles. The zero-order chi connectivity index (χ0) is 23.6. The number of aromatic nitrogens is 2. The third-order valence-corrected chi connectivity index (χ3v) is 6.01. The third kappa shape index (κ3) is 5.75. The van der Waals surface area contributed by atoms with Crippen molar-refractivity contribution in [3.8, 4) is 0 Å². The van der Waals surface area contributed by atoms with Crippen molar-refractivity contribution >= 4 is 40.2 Å². The van der Waals surface area contributed by atoms with Gasteiger partial charge in [0.15, 0.2) is 5.82 Å². The molecule has 0 spiro atoms. The number of anilines is 2. The normalized spacial score (nSPS) is 19.0. The summed E-state index contributed by atoms with van der Waals surface area (Å²) in [6.45, 7) is 5.27. The Morgan fingerprint density at radius 2 is 1.76 bits per heavy atom. The molecule has 33 heavy (non-hydrogen) atoms. The molecule has 1 N–H and O–H groups in total. The molecule has 1 saturated heterocycles. The monoisotopic (exact) mass is 476 g/mol. The fourth-order valence-corrected chi connectivity index (χ4v) is 4.54. The van der Waals surface area contributed by atoms with Crippen molar-refractivity contribution in [2.45, 2.75) is 37.3 Å². The minimum Gasteiger partial charge on any atom is -0.372 e. The van der Waals surface area contributed by atoms with Crippen molar-refractivity contribution in [1.82, 2.24) is 9.97 Å². The maximum atomic E-state index is 12.9. The maximum Gasteiger partial charge on any atom is 0.416 e. The number of halogens is 3. The highest BCUT2D eigenvalue weighted by Gasteiger charge is 2.30. The molecule has 6 nitrogen and oxygen atoms in total. The van der Waals surface area contributed by atoms with Crippen LogP contribution in [0.1, 0.15) is 19.4 Å². The minimum atomic E-state index is -4.47. The van der Waals surface area contributed by atoms with Crippen molar-refractivity contribution in [3.05, 3.63) is 54.1 Å². The molecule has 174 valence electrons. The predicted molar refractivity (Wildman–Crippen MR) is 123 cm³/mol. The highest BCUT2D eigenvalue weighted by Crippen LogP contribution is 2.32. The lowest BCUT2D eigenvalue weighted by Gasteiger charge is -2.36. The van der Waals surface area contributed by atoms with Crippen molar-refractivity contribution in [2.75, 3.05) is 29.1 Å². The first-order valence-electron chi connectivity index (χ1n) is 10.5. The number of hydrogen-bond acceptors (Lipinski definition) is 6. The van der Waals surface area contributed by atoms with E-state index in [1.54, 1.807) is 0 Å². The molecule has 3 aromatic rings. The van der Waals surface area contributed by atoms with E-state index in [4.69, 9.17) is 14.7 Å². The minimum absolute atomic E-state index is 0.0177. The first-order chi connectivity index (χ1) is 15.7. The number of carbonyl (C=O) groups is 1. The molecule has 1 amide bonds. The molecule has 0 radical (unpaired) electrons. The van der Waals surface area contributed by atoms with Crippen LogP contribution >= 0.6 is 11.8 Å². The quantitative estimate of drug-likeness (QED) is 0.523. The molecule has 0 bridgehead atoms. The van der Waals surface area contributed by atoms with Gasteiger partial charge >= 0.3 is 6.18 Å². The van der Waals surface area contributed by atoms with Crippen LogP contribution in [-0.2, 0) is 15.7 Å². The lowest BCUT2D eigenvalue weighted by atomic mass is 10.2. The second-order valence-corrected chi connectivity index (χ2v) is 8.88. The van der Waals surface area contributed by atoms with Gasteiger partial charge in [-0.2, -0.15) is 13.2 Å². The lowest BCUT2D eigenvalue weighted by molar-refractivity contribution is -0.137. The number of fused-ring (bicyclic) bond motifs is 1. The molecule has 1 aromatic heterocycles. The zero-order valence-corrected chi connectivity index (χ0v) is 18.9. The second kappa shape index (κ2) is 9.56. The van der Waals surface area contributed by atoms with Gasteiger partial charge in [0.2, 0.25) is 5.91 Å². The number of hydrogen-bond donors (Lipinski definition) is 1. The number of nitrogens with one attached hydrogen (secondary N) is 1. The highest BCUT2D eigenvalue weighted by atomic mass is 32.2. The van der Waals surface area contributed by atoms with E-state index in [2.05, 4.69) is 10.2 Å². The molecule has 10 heteroatoms. The Morgan fingerprint density at radius 3 is 2.42 bits per heavy atom. The van der Waals surface area contributed by atoms with Gasteiger partial charge in [-0.15, -0.1) is 0 Å². The van der Waals surface area contributed by atoms with E-state index >= 15 is 0 Å². The Labute approximate surface area is 193 Å². The van der Waals surface area contributed by atoms with Crippen LogP contribution in [0.25, 0.3) is 11.0 Å². The summed E-state index contributed by atoms with van der Waals surface area (Å²) in [7, 11) is 0. The molecule has 2 heterocycles. The van der Waals surface area contributed by atoms with Gasteiger partial charge in [-0.3, -0.25) is 4.79 Å². The summed E-state index contributed by atoms with van der Waals surface area (Å²) in [4.78, 5) is 24.1. The average Bonchev–Trinajstić information content (AvgIpc) is 2.76. The predicted octanol–water partition coefficient (Wildman–Crippen LogP) is 4.99. The van der Waals surface area contributed by atoms with Crippen LogP contribution in [0.5, 0.6) is 0 Å². The number of ether oxygens (including phenoxy) is 1. The molecule has 2 atom stereocenters. The van der Waals surface area contributed by atoms with Crippen molar-refractivity contribution in [2.24, 2.45) is 0 Å². The van der Waals surface area contributed by atoms with Gasteiger partial charge in [-0.25, -0.2) is 9.97 Å². The summed E-state index contributed by atoms with van der Waals surface area (Å²) >= 11 is 1.20. The third-order valence-electron chi connectivity index (χ3n) is 5.05. The number of thioether (sulfide) groups is 1. The summed E-state index contributed by atoms with van der Waals surface area (Å²) in [6.07, 6.45) is -4.44. The van der Waals surface area contributed by atoms with Gasteiger partial charge in [-0.1, -0.05) is 30.0 Å². The van der Waals surface area contributed by atoms with Crippen LogP contribution in [0.2, 0.25) is 0 Å². The Hall–Kier alpha value is -2.85. The van der Waals surface area contributed by atoms with Crippen LogP contribution in [0.4, 0.5) is 24.7 Å². The number of nitrogens with zero attached hydrogens (tertiary/aromatic N) is 3. The van der Waals surface area contributed by atoms with Crippen molar-refractivity contribution in [3.63, 3.8) is 0 Å². The summed E-state index contributed by atoms with van der Waals surface area (Å²) in [5, 5.41) is 3.13. The summed E-state index contributed by atoms with van der Waals surface area (Å²) < 4.78 is 44.6. The van der Waals surface area contributed by atoms with Gasteiger partial charge in [0.25, 0.3) is 0 Å². The number of para-hydroxylation sites is 2. The number of benzene rings is 2. The second-order valence-electron chi connectivity index (χ2n) is 7.92. The van der Waals surface area contributed by atoms with Crippen LogP contribution in [0, 0.1) is 0 Å². The lowest BCUT2D eigenvalue weighted by Crippen LogP contribution is -2.46. The molecule has 2 unspecified atom stereocenters. The van der Waals surface area contributed by atoms with Crippen LogP contribution in [-0.4, -0.2) is 46.9 Å². The Kier molecular flexibility index (Phi) is 6.76. The number of morpholine rings is 1. The fourth-order valence-electron chi connectivity index (χ4n) is 3.73. The van der Waals surface area contributed by atoms with E-state index < -0.39 is 17.6 Å². The van der Waals surface area contributed by atoms with Crippen LogP contribution < -0.4 is 10.2 Å². The van der Waals surface area contributed by atoms with Crippen molar-refractivity contribution in [1.29, 1.82) is 0 Å². The highest BCUT2D eigenvalue weighted by molar-refractivity contribution is 8.00. The van der Waals surface area contributed by atoms with E-state index in [-0.39, 0.29) is 23.6 Å². The molecule has 1 fully saturated rings. The molecule has 1 aliphatic rings. The summed E-state index contributed by atoms with van der Waals surface area (Å²) in [6, 6.07) is 12.1. The number of alkyl halides is 3. The first kappa shape index (κ1) is 23.3. The van der Waals surface area contributed by atoms with Crippen LogP contribution in [0.3, 0.4) is 0 Å². The van der Waals surface area contributed by atoms with Gasteiger partial charge in [0.05, 0.1) is 34.6 Å². The maximum absolute atomic E-state index is 12.9. The van der Waals surface area contributed by atoms with Gasteiger partial charge in [0.1, 0.15) is 5.03 Å². The molecule has 0 aliphatic carbocycles. The Morgan fingerprint density at radius 1 is 1.09 bits per heavy atom. The van der Waals surface area contributed by atoms with Gasteiger partial charge in [-0.05, 0) is 44.2 Å². The van der Waals surface area contributed by atoms with E-state index in [1.165, 1.54) is 23.9 Å². The van der Waals surface area contributed by atoms with E-state index in [1.807, 2.05) is 38.1 Å². The fraction of sp³-hybridized carbons (Fsp3) is 0.348. The van der Waals surface area contributed by atoms with Crippen LogP contribution in [0.15, 0.2) is 53.6 Å². The SMILES string of the molecule is CC1CN(c2nc3ccccc3nc2SCC(=O)Nc2cccc(C(F)(F)F)c2)CC(C)O1. The van der Waals surface area contributed by atoms with Crippen molar-refractivity contribution < 1.29 is 22.7 Å². The van der Waals surface area contributed by atoms with Gasteiger partial charge in [0, 0.05) is 18.8 Å². The Bertz CT molecular complexity index is 1150. The largest absolute Gasteiger partial charge is 0.416 e. The summed E-state index contributed by atoms with van der Waals surface area (Å²) in [5.41, 5.74) is 0.732. The molecule has 1 aliphatic heterocycles. The number of carbonyl (C=O) groups excluding carboxylic acids is 1. The van der Waals surface area contributed by atoms with E-state index in [0.29, 0.717) is 29.5 Å². The number of rotatable bonds is 5. The van der Waals surface area contributed by atoms with E-state index in [0.717, 1.165) is 17.6 Å². The molecular weight excluding hydrogens is 453 g/mol. The zero-order valence-electron chi connectivity index (χ0n) is 18.1. The van der Waals surface area contributed by atoms with Gasteiger partial charge < -0.3 is 15.0 Å². The average molecular weight is 477 g/mol. The molecular formula is C23H23F3N4O2S. The van der Waals surface area contributed by atoms with E-state index in [9.17, 15) is 18.0 Å². The molecule has 4 rings (SSSR count). The number of amides is 1. The summed E-state index contributed by atoms with van der Waals surface area (Å²) in [5.74, 6) is 0.225. The standard InChI is InChI=1S/C23H23F3N4O2S/c1-14-11-30(12-15(2)32-14)21-22(29-19-9-4-3-8-18(19)28-21)33-13-20(31)27-17-7-5-6-16(10-17)23(24,25)26/h3-10,14-15H,11-13H2,1-2H3,(H,27,31). The first-order valence-corrected chi connectivity index (χ1v) is 11.4.